The lowest BCUT2D eigenvalue weighted by Gasteiger charge is -2.21. The van der Waals surface area contributed by atoms with Crippen LogP contribution in [0.3, 0.4) is 0 Å². The maximum atomic E-state index is 12.5. The zero-order chi connectivity index (χ0) is 25.7. The molecule has 1 aliphatic rings. The van der Waals surface area contributed by atoms with E-state index in [-0.39, 0.29) is 37.8 Å². The van der Waals surface area contributed by atoms with Crippen molar-refractivity contribution in [3.8, 4) is 0 Å². The summed E-state index contributed by atoms with van der Waals surface area (Å²) in [6.07, 6.45) is 0.0235. The molecule has 15 nitrogen and oxygen atoms in total. The fraction of sp³-hybridized carbons (Fsp3) is 0.632. The molecular formula is C19H30N6O9. The molecule has 5 amide bonds. The number of nitrogens with two attached hydrogens (primary N) is 1. The van der Waals surface area contributed by atoms with E-state index in [1.165, 1.54) is 0 Å². The Bertz CT molecular complexity index is 797. The summed E-state index contributed by atoms with van der Waals surface area (Å²) in [5, 5.41) is 30.1. The molecule has 0 aromatic carbocycles. The van der Waals surface area contributed by atoms with Gasteiger partial charge in [0.2, 0.25) is 29.5 Å². The first-order chi connectivity index (χ1) is 16.0. The number of hydrogen-bond acceptors (Lipinski definition) is 8. The molecular weight excluding hydrogens is 456 g/mol. The molecule has 0 aromatic heterocycles. The largest absolute Gasteiger partial charge is 0.481 e. The van der Waals surface area contributed by atoms with Crippen LogP contribution in [0.15, 0.2) is 0 Å². The number of hydrogen-bond donors (Lipinski definition) is 8. The number of carbonyl (C=O) groups is 7. The van der Waals surface area contributed by atoms with Crippen LogP contribution >= 0.6 is 0 Å². The van der Waals surface area contributed by atoms with Crippen molar-refractivity contribution in [3.63, 3.8) is 0 Å². The summed E-state index contributed by atoms with van der Waals surface area (Å²) in [7, 11) is 0. The predicted molar refractivity (Wildman–Crippen MR) is 114 cm³/mol. The highest BCUT2D eigenvalue weighted by molar-refractivity contribution is 5.93. The van der Waals surface area contributed by atoms with Crippen LogP contribution in [0.25, 0.3) is 0 Å². The Labute approximate surface area is 194 Å². The van der Waals surface area contributed by atoms with Crippen molar-refractivity contribution in [1.82, 2.24) is 26.6 Å². The van der Waals surface area contributed by atoms with Crippen LogP contribution in [0, 0.1) is 0 Å². The van der Waals surface area contributed by atoms with Crippen molar-refractivity contribution in [1.29, 1.82) is 0 Å². The first-order valence-corrected chi connectivity index (χ1v) is 10.6. The standard InChI is InChI=1S/C19H30N6O9/c20-13(26)5-3-12(19(33)34)25-18(32)11(4-6-16(29)30)24-15(28)9-22-14(27)8-23-17(31)10-2-1-7-21-10/h10-12,21H,1-9H2,(H2,20,26)(H,22,27)(H,23,31)(H,24,28)(H,25,32)(H,29,30)(H,33,34)/t10-,11-,12-/m0/s1. The third-order valence-corrected chi connectivity index (χ3v) is 4.84. The Hall–Kier alpha value is -3.75. The van der Waals surface area contributed by atoms with Crippen LogP contribution < -0.4 is 32.3 Å². The Morgan fingerprint density at radius 1 is 0.882 bits per heavy atom. The SMILES string of the molecule is NC(=O)CC[C@H](NC(=O)[C@H](CCC(=O)O)NC(=O)CNC(=O)CNC(=O)[C@@H]1CCCN1)C(=O)O. The van der Waals surface area contributed by atoms with Gasteiger partial charge >= 0.3 is 11.9 Å². The van der Waals surface area contributed by atoms with Crippen LogP contribution in [-0.4, -0.2) is 89.4 Å². The van der Waals surface area contributed by atoms with E-state index < -0.39 is 60.6 Å². The van der Waals surface area contributed by atoms with Crippen LogP contribution in [0.1, 0.15) is 38.5 Å². The summed E-state index contributed by atoms with van der Waals surface area (Å²) in [5.74, 6) is -6.29. The highest BCUT2D eigenvalue weighted by Crippen LogP contribution is 2.04. The summed E-state index contributed by atoms with van der Waals surface area (Å²) in [5.41, 5.74) is 4.98. The van der Waals surface area contributed by atoms with E-state index >= 15 is 0 Å². The lowest BCUT2D eigenvalue weighted by molar-refractivity contribution is -0.143. The van der Waals surface area contributed by atoms with Gasteiger partial charge in [-0.05, 0) is 32.2 Å². The van der Waals surface area contributed by atoms with Crippen LogP contribution in [0.4, 0.5) is 0 Å². The molecule has 190 valence electrons. The Balaban J connectivity index is 2.57. The number of carboxylic acid groups (broad SMARTS) is 2. The van der Waals surface area contributed by atoms with Gasteiger partial charge in [0.1, 0.15) is 12.1 Å². The molecule has 0 radical (unpaired) electrons. The van der Waals surface area contributed by atoms with Crippen LogP contribution in [0.5, 0.6) is 0 Å². The van der Waals surface area contributed by atoms with Gasteiger partial charge in [-0.1, -0.05) is 0 Å². The number of amides is 5. The second-order valence-electron chi connectivity index (χ2n) is 7.60. The first kappa shape index (κ1) is 28.3. The molecule has 0 unspecified atom stereocenters. The molecule has 9 N–H and O–H groups in total. The molecule has 0 saturated carbocycles. The average Bonchev–Trinajstić information content (AvgIpc) is 3.30. The molecule has 34 heavy (non-hydrogen) atoms. The van der Waals surface area contributed by atoms with Crippen molar-refractivity contribution >= 4 is 41.5 Å². The topological polar surface area (TPSA) is 246 Å². The number of carboxylic acids is 2. The number of carbonyl (C=O) groups excluding carboxylic acids is 5. The zero-order valence-corrected chi connectivity index (χ0v) is 18.4. The monoisotopic (exact) mass is 486 g/mol. The molecule has 1 rings (SSSR count). The molecule has 15 heteroatoms. The van der Waals surface area contributed by atoms with E-state index in [0.717, 1.165) is 6.42 Å². The quantitative estimate of drug-likeness (QED) is 0.112. The molecule has 0 aromatic rings. The predicted octanol–water partition coefficient (Wildman–Crippen LogP) is -3.84. The molecule has 1 aliphatic heterocycles. The summed E-state index contributed by atoms with van der Waals surface area (Å²) in [6.45, 7) is -0.232. The third kappa shape index (κ3) is 11.2. The van der Waals surface area contributed by atoms with Gasteiger partial charge in [-0.15, -0.1) is 0 Å². The smallest absolute Gasteiger partial charge is 0.326 e. The molecule has 0 spiro atoms. The van der Waals surface area contributed by atoms with E-state index in [1.54, 1.807) is 0 Å². The average molecular weight is 486 g/mol. The lowest BCUT2D eigenvalue weighted by atomic mass is 10.1. The van der Waals surface area contributed by atoms with Gasteiger partial charge in [0.15, 0.2) is 0 Å². The minimum absolute atomic E-state index is 0.297. The number of aliphatic carboxylic acids is 2. The van der Waals surface area contributed by atoms with Gasteiger partial charge in [-0.25, -0.2) is 4.79 Å². The fourth-order valence-electron chi connectivity index (χ4n) is 3.04. The third-order valence-electron chi connectivity index (χ3n) is 4.84. The van der Waals surface area contributed by atoms with E-state index in [1.807, 2.05) is 0 Å². The van der Waals surface area contributed by atoms with Crippen molar-refractivity contribution in [2.75, 3.05) is 19.6 Å². The van der Waals surface area contributed by atoms with E-state index in [0.29, 0.717) is 13.0 Å². The van der Waals surface area contributed by atoms with Gasteiger partial charge in [-0.2, -0.15) is 0 Å². The summed E-state index contributed by atoms with van der Waals surface area (Å²) >= 11 is 0. The summed E-state index contributed by atoms with van der Waals surface area (Å²) < 4.78 is 0. The number of nitrogens with one attached hydrogen (secondary N) is 5. The van der Waals surface area contributed by atoms with Crippen molar-refractivity contribution in [3.05, 3.63) is 0 Å². The highest BCUT2D eigenvalue weighted by Gasteiger charge is 2.27. The Morgan fingerprint density at radius 3 is 2.09 bits per heavy atom. The maximum absolute atomic E-state index is 12.5. The van der Waals surface area contributed by atoms with Gasteiger partial charge in [0.25, 0.3) is 0 Å². The molecule has 1 saturated heterocycles. The minimum atomic E-state index is -1.48. The van der Waals surface area contributed by atoms with Gasteiger partial charge in [0, 0.05) is 12.8 Å². The van der Waals surface area contributed by atoms with Gasteiger partial charge in [-0.3, -0.25) is 28.8 Å². The van der Waals surface area contributed by atoms with E-state index in [9.17, 15) is 38.7 Å². The second-order valence-corrected chi connectivity index (χ2v) is 7.60. The molecule has 0 aliphatic carbocycles. The van der Waals surface area contributed by atoms with Crippen molar-refractivity contribution < 1.29 is 43.8 Å². The van der Waals surface area contributed by atoms with Crippen LogP contribution in [0.2, 0.25) is 0 Å². The summed E-state index contributed by atoms with van der Waals surface area (Å²) in [6, 6.07) is -3.27. The first-order valence-electron chi connectivity index (χ1n) is 10.6. The van der Waals surface area contributed by atoms with Crippen LogP contribution in [-0.2, 0) is 33.6 Å². The lowest BCUT2D eigenvalue weighted by Crippen LogP contribution is -2.53. The maximum Gasteiger partial charge on any atom is 0.326 e. The normalized spacial score (nSPS) is 16.5. The zero-order valence-electron chi connectivity index (χ0n) is 18.4. The molecule has 3 atom stereocenters. The Kier molecular flexibility index (Phi) is 12.0. The van der Waals surface area contributed by atoms with Crippen molar-refractivity contribution in [2.24, 2.45) is 5.73 Å². The number of primary amides is 1. The summed E-state index contributed by atoms with van der Waals surface area (Å²) in [4.78, 5) is 81.4. The minimum Gasteiger partial charge on any atom is -0.481 e. The van der Waals surface area contributed by atoms with Gasteiger partial charge in [0.05, 0.1) is 19.1 Å². The number of rotatable bonds is 15. The van der Waals surface area contributed by atoms with Gasteiger partial charge < -0.3 is 42.5 Å². The van der Waals surface area contributed by atoms with E-state index in [2.05, 4.69) is 26.6 Å². The molecule has 0 bridgehead atoms. The molecule has 1 heterocycles. The van der Waals surface area contributed by atoms with Crippen molar-refractivity contribution in [2.45, 2.75) is 56.7 Å². The fourth-order valence-corrected chi connectivity index (χ4v) is 3.04. The van der Waals surface area contributed by atoms with E-state index in [4.69, 9.17) is 10.8 Å². The Morgan fingerprint density at radius 2 is 1.53 bits per heavy atom. The highest BCUT2D eigenvalue weighted by atomic mass is 16.4. The second kappa shape index (κ2) is 14.4. The molecule has 1 fully saturated rings.